The number of nitrogens with one attached hydrogen (secondary N) is 1. The quantitative estimate of drug-likeness (QED) is 0.157. The van der Waals surface area contributed by atoms with Crippen LogP contribution in [0.25, 0.3) is 75.5 Å². The van der Waals surface area contributed by atoms with E-state index in [1.165, 1.54) is 75.5 Å². The van der Waals surface area contributed by atoms with Crippen LogP contribution in [0.4, 0.5) is 28.4 Å². The lowest BCUT2D eigenvalue weighted by molar-refractivity contribution is 1.29. The predicted octanol–water partition coefficient (Wildman–Crippen LogP) is 17.1. The third kappa shape index (κ3) is 7.22. The highest BCUT2D eigenvalue weighted by Gasteiger charge is 2.16. The van der Waals surface area contributed by atoms with Crippen LogP contribution in [0.3, 0.4) is 0 Å². The summed E-state index contributed by atoms with van der Waals surface area (Å²) in [5.41, 5.74) is 15.2. The largest absolute Gasteiger partial charge is 0.355 e. The molecule has 0 atom stereocenters. The minimum absolute atomic E-state index is 1.08. The zero-order chi connectivity index (χ0) is 40.5. The molecule has 1 aromatic heterocycles. The normalized spacial score (nSPS) is 11.3. The first kappa shape index (κ1) is 36.4. The number of fused-ring (bicyclic) bond motifs is 4. The summed E-state index contributed by atoms with van der Waals surface area (Å²) in [4.78, 5) is 2.37. The molecule has 0 aliphatic carbocycles. The summed E-state index contributed by atoms with van der Waals surface area (Å²) in [6, 6.07) is 85.4. The van der Waals surface area contributed by atoms with Crippen LogP contribution < -0.4 is 10.2 Å². The lowest BCUT2D eigenvalue weighted by Gasteiger charge is -2.26. The molecule has 0 unspecified atom stereocenters. The highest BCUT2D eigenvalue weighted by Crippen LogP contribution is 2.43. The topological polar surface area (TPSA) is 15.3 Å². The number of rotatable bonds is 9. The summed E-state index contributed by atoms with van der Waals surface area (Å²) >= 11 is 1.86. The van der Waals surface area contributed by atoms with E-state index in [1.54, 1.807) is 0 Å². The van der Waals surface area contributed by atoms with E-state index in [0.717, 1.165) is 28.4 Å². The minimum Gasteiger partial charge on any atom is -0.355 e. The minimum atomic E-state index is 1.08. The Morgan fingerprint density at radius 3 is 1.39 bits per heavy atom. The lowest BCUT2D eigenvalue weighted by atomic mass is 9.96. The van der Waals surface area contributed by atoms with Crippen molar-refractivity contribution in [2.75, 3.05) is 10.2 Å². The number of nitrogens with zero attached hydrogens (tertiary/aromatic N) is 1. The van der Waals surface area contributed by atoms with Gasteiger partial charge in [-0.05, 0) is 123 Å². The molecule has 1 heterocycles. The van der Waals surface area contributed by atoms with Crippen molar-refractivity contribution in [1.82, 2.24) is 0 Å². The molecule has 0 aliphatic heterocycles. The average molecular weight is 797 g/mol. The highest BCUT2D eigenvalue weighted by molar-refractivity contribution is 7.25. The fraction of sp³-hybridized carbons (Fsp3) is 0. The van der Waals surface area contributed by atoms with Crippen LogP contribution in [0.2, 0.25) is 0 Å². The Kier molecular flexibility index (Phi) is 9.42. The molecule has 11 aromatic rings. The molecule has 0 saturated heterocycles. The molecule has 3 heteroatoms. The Labute approximate surface area is 360 Å². The van der Waals surface area contributed by atoms with E-state index in [9.17, 15) is 0 Å². The predicted molar refractivity (Wildman–Crippen MR) is 263 cm³/mol. The summed E-state index contributed by atoms with van der Waals surface area (Å²) < 4.78 is 2.55. The third-order valence-corrected chi connectivity index (χ3v) is 12.8. The van der Waals surface area contributed by atoms with Gasteiger partial charge in [-0.3, -0.25) is 0 Å². The van der Waals surface area contributed by atoms with Gasteiger partial charge in [-0.15, -0.1) is 11.3 Å². The van der Waals surface area contributed by atoms with Crippen LogP contribution in [-0.2, 0) is 0 Å². The van der Waals surface area contributed by atoms with E-state index in [2.05, 4.69) is 241 Å². The van der Waals surface area contributed by atoms with Gasteiger partial charge in [0.1, 0.15) is 0 Å². The molecule has 288 valence electrons. The summed E-state index contributed by atoms with van der Waals surface area (Å²) in [6.45, 7) is 0. The molecule has 0 amide bonds. The Morgan fingerprint density at radius 2 is 0.754 bits per heavy atom. The fourth-order valence-electron chi connectivity index (χ4n) is 8.51. The molecule has 1 N–H and O–H groups in total. The SMILES string of the molecule is c1ccc(Nc2ccccc2-c2ccc3cc(-c4ccc5c(c4)sc4cc(N(c6ccc(-c7ccccc7)cc6)c6ccc(-c7ccccc7)cc6)ccc45)ccc3c2)cc1. The number of anilines is 5. The highest BCUT2D eigenvalue weighted by atomic mass is 32.1. The van der Waals surface area contributed by atoms with Crippen LogP contribution in [0.1, 0.15) is 0 Å². The number of hydrogen-bond acceptors (Lipinski definition) is 3. The van der Waals surface area contributed by atoms with Gasteiger partial charge in [0.15, 0.2) is 0 Å². The van der Waals surface area contributed by atoms with Gasteiger partial charge in [0, 0.05) is 54.2 Å². The molecular weight excluding hydrogens is 757 g/mol. The molecule has 0 spiro atoms. The second-order valence-corrected chi connectivity index (χ2v) is 16.6. The number of hydrogen-bond donors (Lipinski definition) is 1. The summed E-state index contributed by atoms with van der Waals surface area (Å²) in [6.07, 6.45) is 0. The van der Waals surface area contributed by atoms with Crippen molar-refractivity contribution < 1.29 is 0 Å². The van der Waals surface area contributed by atoms with Crippen LogP contribution in [0.5, 0.6) is 0 Å². The van der Waals surface area contributed by atoms with Gasteiger partial charge in [-0.2, -0.15) is 0 Å². The Balaban J connectivity index is 0.921. The van der Waals surface area contributed by atoms with Gasteiger partial charge in [0.05, 0.1) is 0 Å². The molecular formula is C58H40N2S. The Hall–Kier alpha value is -7.72. The van der Waals surface area contributed by atoms with E-state index in [4.69, 9.17) is 0 Å². The van der Waals surface area contributed by atoms with Gasteiger partial charge >= 0.3 is 0 Å². The van der Waals surface area contributed by atoms with Crippen LogP contribution in [0, 0.1) is 0 Å². The molecule has 0 bridgehead atoms. The molecule has 0 radical (unpaired) electrons. The zero-order valence-corrected chi connectivity index (χ0v) is 34.2. The van der Waals surface area contributed by atoms with Gasteiger partial charge < -0.3 is 10.2 Å². The van der Waals surface area contributed by atoms with E-state index in [1.807, 2.05) is 17.4 Å². The van der Waals surface area contributed by atoms with Gasteiger partial charge in [0.2, 0.25) is 0 Å². The van der Waals surface area contributed by atoms with E-state index in [0.29, 0.717) is 0 Å². The lowest BCUT2D eigenvalue weighted by Crippen LogP contribution is -2.09. The van der Waals surface area contributed by atoms with Gasteiger partial charge in [0.25, 0.3) is 0 Å². The van der Waals surface area contributed by atoms with E-state index < -0.39 is 0 Å². The molecule has 2 nitrogen and oxygen atoms in total. The van der Waals surface area contributed by atoms with Crippen molar-refractivity contribution in [3.63, 3.8) is 0 Å². The second-order valence-electron chi connectivity index (χ2n) is 15.5. The van der Waals surface area contributed by atoms with Crippen molar-refractivity contribution in [2.45, 2.75) is 0 Å². The number of thiophene rings is 1. The monoisotopic (exact) mass is 796 g/mol. The van der Waals surface area contributed by atoms with Crippen LogP contribution >= 0.6 is 11.3 Å². The van der Waals surface area contributed by atoms with Gasteiger partial charge in [-0.1, -0.05) is 164 Å². The van der Waals surface area contributed by atoms with Crippen molar-refractivity contribution in [2.24, 2.45) is 0 Å². The van der Waals surface area contributed by atoms with Crippen molar-refractivity contribution >= 4 is 70.7 Å². The first-order chi connectivity index (χ1) is 30.2. The first-order valence-electron chi connectivity index (χ1n) is 20.7. The average Bonchev–Trinajstić information content (AvgIpc) is 3.70. The summed E-state index contributed by atoms with van der Waals surface area (Å²) in [5, 5.41) is 8.62. The third-order valence-electron chi connectivity index (χ3n) is 11.6. The molecule has 11 rings (SSSR count). The Morgan fingerprint density at radius 1 is 0.311 bits per heavy atom. The maximum Gasteiger partial charge on any atom is 0.0476 e. The molecule has 61 heavy (non-hydrogen) atoms. The van der Waals surface area contributed by atoms with E-state index in [-0.39, 0.29) is 0 Å². The van der Waals surface area contributed by atoms with E-state index >= 15 is 0 Å². The zero-order valence-electron chi connectivity index (χ0n) is 33.4. The Bertz CT molecular complexity index is 3220. The van der Waals surface area contributed by atoms with Crippen molar-refractivity contribution in [3.8, 4) is 44.5 Å². The van der Waals surface area contributed by atoms with Gasteiger partial charge in [-0.25, -0.2) is 0 Å². The van der Waals surface area contributed by atoms with Crippen molar-refractivity contribution in [1.29, 1.82) is 0 Å². The molecule has 0 fully saturated rings. The molecule has 0 aliphatic rings. The number of benzene rings is 10. The van der Waals surface area contributed by atoms with Crippen LogP contribution in [-0.4, -0.2) is 0 Å². The maximum absolute atomic E-state index is 3.61. The summed E-state index contributed by atoms with van der Waals surface area (Å²) in [5.74, 6) is 0. The van der Waals surface area contributed by atoms with Crippen LogP contribution in [0.15, 0.2) is 237 Å². The standard InChI is InChI=1S/C58H40N2S/c1-4-12-40(13-5-1)42-24-29-50(30-25-42)60(51-31-26-43(27-32-51)41-14-6-2-7-15-41)52-33-35-55-54-34-28-47(38-57(54)61-58(55)39-52)45-20-21-46-37-48(23-22-44(46)36-45)53-18-10-11-19-56(53)59-49-16-8-3-9-17-49/h1-39,59H. The number of para-hydroxylation sites is 2. The smallest absolute Gasteiger partial charge is 0.0476 e. The molecule has 10 aromatic carbocycles. The van der Waals surface area contributed by atoms with Crippen molar-refractivity contribution in [3.05, 3.63) is 237 Å². The second kappa shape index (κ2) is 15.8. The fourth-order valence-corrected chi connectivity index (χ4v) is 9.69. The molecule has 0 saturated carbocycles. The summed E-state index contributed by atoms with van der Waals surface area (Å²) in [7, 11) is 0. The maximum atomic E-state index is 3.61. The first-order valence-corrected chi connectivity index (χ1v) is 21.5.